The lowest BCUT2D eigenvalue weighted by molar-refractivity contribution is 0.498. The van der Waals surface area contributed by atoms with E-state index in [4.69, 9.17) is 5.73 Å². The molecule has 0 aromatic heterocycles. The Labute approximate surface area is 117 Å². The van der Waals surface area contributed by atoms with Crippen LogP contribution in [0.1, 0.15) is 0 Å². The van der Waals surface area contributed by atoms with Gasteiger partial charge in [0.05, 0.1) is 5.69 Å². The highest BCUT2D eigenvalue weighted by molar-refractivity contribution is 7.92. The fraction of sp³-hybridized carbons (Fsp3) is 0. The predicted octanol–water partition coefficient (Wildman–Crippen LogP) is 2.63. The van der Waals surface area contributed by atoms with E-state index in [9.17, 15) is 26.0 Å². The largest absolute Gasteiger partial charge is 0.399 e. The van der Waals surface area contributed by atoms with Crippen LogP contribution < -0.4 is 10.5 Å². The first-order valence-electron chi connectivity index (χ1n) is 5.43. The summed E-state index contributed by atoms with van der Waals surface area (Å²) in [6, 6.07) is 3.39. The maximum absolute atomic E-state index is 13.5. The second kappa shape index (κ2) is 5.24. The number of halogens is 4. The van der Waals surface area contributed by atoms with Gasteiger partial charge in [-0.25, -0.2) is 26.0 Å². The van der Waals surface area contributed by atoms with Crippen molar-refractivity contribution >= 4 is 21.4 Å². The van der Waals surface area contributed by atoms with Gasteiger partial charge in [0.15, 0.2) is 4.90 Å². The summed E-state index contributed by atoms with van der Waals surface area (Å²) in [6.07, 6.45) is 0. The maximum Gasteiger partial charge on any atom is 0.267 e. The summed E-state index contributed by atoms with van der Waals surface area (Å²) in [4.78, 5) is -1.41. The summed E-state index contributed by atoms with van der Waals surface area (Å²) in [5.41, 5.74) is 4.82. The highest BCUT2D eigenvalue weighted by Gasteiger charge is 2.26. The molecule has 0 spiro atoms. The molecule has 9 heteroatoms. The molecule has 112 valence electrons. The summed E-state index contributed by atoms with van der Waals surface area (Å²) in [6.45, 7) is 0. The number of hydrogen-bond acceptors (Lipinski definition) is 3. The molecular weight excluding hydrogens is 312 g/mol. The molecule has 4 nitrogen and oxygen atoms in total. The van der Waals surface area contributed by atoms with Crippen LogP contribution in [0.4, 0.5) is 28.9 Å². The number of nitrogens with two attached hydrogens (primary N) is 1. The van der Waals surface area contributed by atoms with Crippen molar-refractivity contribution in [1.82, 2.24) is 0 Å². The molecule has 0 saturated carbocycles. The van der Waals surface area contributed by atoms with Crippen molar-refractivity contribution in [3.63, 3.8) is 0 Å². The van der Waals surface area contributed by atoms with Crippen molar-refractivity contribution in [2.75, 3.05) is 10.5 Å². The number of nitrogen functional groups attached to an aromatic ring is 1. The zero-order valence-electron chi connectivity index (χ0n) is 10.2. The number of rotatable bonds is 3. The van der Waals surface area contributed by atoms with E-state index in [2.05, 4.69) is 0 Å². The second-order valence-electron chi connectivity index (χ2n) is 4.04. The van der Waals surface area contributed by atoms with Crippen LogP contribution in [0.25, 0.3) is 0 Å². The van der Waals surface area contributed by atoms with Gasteiger partial charge in [-0.1, -0.05) is 0 Å². The standard InChI is InChI=1S/C12H8F4N2O2S/c13-6-3-9(15)12(10(16)4-6)21(19,20)18-11-5-7(17)1-2-8(11)14/h1-5,18H,17H2. The van der Waals surface area contributed by atoms with Crippen molar-refractivity contribution in [1.29, 1.82) is 0 Å². The summed E-state index contributed by atoms with van der Waals surface area (Å²) < 4.78 is 78.6. The van der Waals surface area contributed by atoms with E-state index in [1.54, 1.807) is 4.72 Å². The number of nitrogens with one attached hydrogen (secondary N) is 1. The van der Waals surface area contributed by atoms with Crippen LogP contribution in [0.3, 0.4) is 0 Å². The molecule has 0 bridgehead atoms. The molecule has 0 heterocycles. The first kappa shape index (κ1) is 15.1. The molecule has 2 aromatic carbocycles. The van der Waals surface area contributed by atoms with Gasteiger partial charge in [0.25, 0.3) is 10.0 Å². The molecule has 2 aromatic rings. The lowest BCUT2D eigenvalue weighted by atomic mass is 10.3. The third-order valence-corrected chi connectivity index (χ3v) is 3.88. The zero-order valence-corrected chi connectivity index (χ0v) is 11.0. The minimum Gasteiger partial charge on any atom is -0.399 e. The van der Waals surface area contributed by atoms with Crippen LogP contribution in [0, 0.1) is 23.3 Å². The van der Waals surface area contributed by atoms with Crippen molar-refractivity contribution in [3.8, 4) is 0 Å². The van der Waals surface area contributed by atoms with Crippen molar-refractivity contribution in [2.24, 2.45) is 0 Å². The first-order chi connectivity index (χ1) is 9.70. The highest BCUT2D eigenvalue weighted by atomic mass is 32.2. The minimum absolute atomic E-state index is 0.0363. The lowest BCUT2D eigenvalue weighted by Gasteiger charge is -2.11. The van der Waals surface area contributed by atoms with Crippen molar-refractivity contribution < 1.29 is 26.0 Å². The van der Waals surface area contributed by atoms with Crippen LogP contribution in [-0.4, -0.2) is 8.42 Å². The molecule has 0 aliphatic rings. The Morgan fingerprint density at radius 1 is 0.905 bits per heavy atom. The zero-order chi connectivity index (χ0) is 15.8. The van der Waals surface area contributed by atoms with Crippen molar-refractivity contribution in [2.45, 2.75) is 4.90 Å². The normalized spacial score (nSPS) is 11.4. The van der Waals surface area contributed by atoms with Gasteiger partial charge in [-0.15, -0.1) is 0 Å². The molecule has 3 N–H and O–H groups in total. The Balaban J connectivity index is 2.51. The molecule has 0 amide bonds. The van der Waals surface area contributed by atoms with Gasteiger partial charge < -0.3 is 5.73 Å². The molecule has 0 unspecified atom stereocenters. The molecular formula is C12H8F4N2O2S. The van der Waals surface area contributed by atoms with Crippen molar-refractivity contribution in [3.05, 3.63) is 53.6 Å². The molecule has 21 heavy (non-hydrogen) atoms. The quantitative estimate of drug-likeness (QED) is 0.674. The third kappa shape index (κ3) is 3.07. The smallest absolute Gasteiger partial charge is 0.267 e. The number of sulfonamides is 1. The average molecular weight is 320 g/mol. The number of anilines is 2. The van der Waals surface area contributed by atoms with Gasteiger partial charge in [-0.3, -0.25) is 4.72 Å². The third-order valence-electron chi connectivity index (χ3n) is 2.47. The molecule has 0 aliphatic carbocycles. The Bertz CT molecular complexity index is 786. The summed E-state index contributed by atoms with van der Waals surface area (Å²) in [5, 5.41) is 0. The monoisotopic (exact) mass is 320 g/mol. The van der Waals surface area contributed by atoms with Crippen LogP contribution >= 0.6 is 0 Å². The van der Waals surface area contributed by atoms with Crippen LogP contribution in [0.15, 0.2) is 35.2 Å². The summed E-state index contributed by atoms with van der Waals surface area (Å²) >= 11 is 0. The predicted molar refractivity (Wildman–Crippen MR) is 67.9 cm³/mol. The van der Waals surface area contributed by atoms with E-state index in [0.29, 0.717) is 0 Å². The Hall–Kier alpha value is -2.29. The van der Waals surface area contributed by atoms with E-state index in [1.165, 1.54) is 6.07 Å². The minimum atomic E-state index is -4.79. The van der Waals surface area contributed by atoms with E-state index < -0.39 is 43.9 Å². The molecule has 0 fully saturated rings. The van der Waals surface area contributed by atoms with Gasteiger partial charge in [-0.05, 0) is 18.2 Å². The topological polar surface area (TPSA) is 72.2 Å². The average Bonchev–Trinajstić information content (AvgIpc) is 2.31. The van der Waals surface area contributed by atoms with Gasteiger partial charge in [0.2, 0.25) is 0 Å². The van der Waals surface area contributed by atoms with E-state index >= 15 is 0 Å². The number of benzene rings is 2. The van der Waals surface area contributed by atoms with Gasteiger partial charge in [0, 0.05) is 17.8 Å². The van der Waals surface area contributed by atoms with Gasteiger partial charge in [-0.2, -0.15) is 0 Å². The Morgan fingerprint density at radius 3 is 2.05 bits per heavy atom. The lowest BCUT2D eigenvalue weighted by Crippen LogP contribution is -2.17. The highest BCUT2D eigenvalue weighted by Crippen LogP contribution is 2.25. The van der Waals surface area contributed by atoms with E-state index in [1.807, 2.05) is 0 Å². The fourth-order valence-electron chi connectivity index (χ4n) is 1.60. The van der Waals surface area contributed by atoms with E-state index in [-0.39, 0.29) is 17.8 Å². The summed E-state index contributed by atoms with van der Waals surface area (Å²) in [7, 11) is -4.79. The first-order valence-corrected chi connectivity index (χ1v) is 6.91. The van der Waals surface area contributed by atoms with E-state index in [0.717, 1.165) is 12.1 Å². The Morgan fingerprint density at radius 2 is 1.48 bits per heavy atom. The van der Waals surface area contributed by atoms with Crippen LogP contribution in [0.5, 0.6) is 0 Å². The van der Waals surface area contributed by atoms with Crippen LogP contribution in [0.2, 0.25) is 0 Å². The maximum atomic E-state index is 13.5. The van der Waals surface area contributed by atoms with Crippen LogP contribution in [-0.2, 0) is 10.0 Å². The second-order valence-corrected chi connectivity index (χ2v) is 5.66. The molecule has 0 radical (unpaired) electrons. The SMILES string of the molecule is Nc1ccc(F)c(NS(=O)(=O)c2c(F)cc(F)cc2F)c1. The molecule has 0 aliphatic heterocycles. The Kier molecular flexibility index (Phi) is 3.77. The number of hydrogen-bond donors (Lipinski definition) is 2. The summed E-state index contributed by atoms with van der Waals surface area (Å²) in [5.74, 6) is -5.54. The van der Waals surface area contributed by atoms with Gasteiger partial charge >= 0.3 is 0 Å². The molecule has 0 saturated heterocycles. The van der Waals surface area contributed by atoms with Gasteiger partial charge in [0.1, 0.15) is 23.3 Å². The molecule has 2 rings (SSSR count). The fourth-order valence-corrected chi connectivity index (χ4v) is 2.78. The molecule has 0 atom stereocenters.